The average Bonchev–Trinajstić information content (AvgIpc) is 2.36. The number of hydrogen-bond acceptors (Lipinski definition) is 3. The number of pyridine rings is 1. The van der Waals surface area contributed by atoms with Crippen LogP contribution in [0.2, 0.25) is 0 Å². The number of nitrogens with one attached hydrogen (secondary N) is 2. The molecule has 3 nitrogen and oxygen atoms in total. The van der Waals surface area contributed by atoms with E-state index in [4.69, 9.17) is 4.98 Å². The largest absolute Gasteiger partial charge is 0.380 e. The maximum absolute atomic E-state index is 4.76. The minimum absolute atomic E-state index is 0.0345. The molecule has 0 radical (unpaired) electrons. The summed E-state index contributed by atoms with van der Waals surface area (Å²) in [7, 11) is 0. The van der Waals surface area contributed by atoms with E-state index in [0.717, 1.165) is 30.0 Å². The molecule has 114 valence electrons. The Balaban J connectivity index is 2.30. The fourth-order valence-electron chi connectivity index (χ4n) is 2.32. The van der Waals surface area contributed by atoms with Gasteiger partial charge in [-0.3, -0.25) is 4.98 Å². The van der Waals surface area contributed by atoms with Gasteiger partial charge in [0.1, 0.15) is 0 Å². The molecule has 0 unspecified atom stereocenters. The van der Waals surface area contributed by atoms with Crippen LogP contribution in [-0.2, 0) is 6.54 Å². The van der Waals surface area contributed by atoms with Crippen LogP contribution in [0.25, 0.3) is 10.9 Å². The summed E-state index contributed by atoms with van der Waals surface area (Å²) >= 11 is 0. The first-order chi connectivity index (χ1) is 9.85. The van der Waals surface area contributed by atoms with Crippen molar-refractivity contribution in [1.82, 2.24) is 10.3 Å². The highest BCUT2D eigenvalue weighted by Gasteiger charge is 2.13. The predicted molar refractivity (Wildman–Crippen MR) is 91.7 cm³/mol. The average molecular weight is 285 g/mol. The number of fused-ring (bicyclic) bond motifs is 1. The van der Waals surface area contributed by atoms with E-state index in [0.29, 0.717) is 5.92 Å². The first-order valence-electron chi connectivity index (χ1n) is 7.73. The molecule has 0 aliphatic heterocycles. The minimum Gasteiger partial charge on any atom is -0.380 e. The Morgan fingerprint density at radius 3 is 2.52 bits per heavy atom. The number of para-hydroxylation sites is 1. The van der Waals surface area contributed by atoms with Gasteiger partial charge in [-0.15, -0.1) is 0 Å². The Labute approximate surface area is 128 Å². The quantitative estimate of drug-likeness (QED) is 0.865. The summed E-state index contributed by atoms with van der Waals surface area (Å²) in [4.78, 5) is 4.76. The molecule has 0 aliphatic rings. The fourth-order valence-corrected chi connectivity index (χ4v) is 2.32. The van der Waals surface area contributed by atoms with Crippen molar-refractivity contribution < 1.29 is 0 Å². The Bertz CT molecular complexity index is 597. The Morgan fingerprint density at radius 1 is 1.14 bits per heavy atom. The van der Waals surface area contributed by atoms with E-state index in [9.17, 15) is 0 Å². The molecule has 1 aromatic heterocycles. The van der Waals surface area contributed by atoms with Crippen LogP contribution in [0.4, 0.5) is 5.69 Å². The van der Waals surface area contributed by atoms with Gasteiger partial charge in [-0.25, -0.2) is 0 Å². The van der Waals surface area contributed by atoms with E-state index in [1.165, 1.54) is 5.39 Å². The van der Waals surface area contributed by atoms with Crippen molar-refractivity contribution in [2.45, 2.75) is 46.7 Å². The van der Waals surface area contributed by atoms with Crippen molar-refractivity contribution in [3.8, 4) is 0 Å². The number of nitrogens with zero attached hydrogens (tertiary/aromatic N) is 1. The van der Waals surface area contributed by atoms with Crippen molar-refractivity contribution in [2.75, 3.05) is 11.9 Å². The number of anilines is 1. The maximum Gasteiger partial charge on any atom is 0.0726 e. The summed E-state index contributed by atoms with van der Waals surface area (Å²) in [5.74, 6) is 0.651. The summed E-state index contributed by atoms with van der Waals surface area (Å²) in [5.41, 5.74) is 3.33. The van der Waals surface area contributed by atoms with Gasteiger partial charge in [-0.05, 0) is 45.4 Å². The summed E-state index contributed by atoms with van der Waals surface area (Å²) in [6, 6.07) is 10.5. The van der Waals surface area contributed by atoms with Crippen molar-refractivity contribution in [1.29, 1.82) is 0 Å². The van der Waals surface area contributed by atoms with Gasteiger partial charge in [-0.1, -0.05) is 32.0 Å². The second kappa shape index (κ2) is 6.44. The second-order valence-electron chi connectivity index (χ2n) is 7.08. The molecule has 0 spiro atoms. The molecule has 0 amide bonds. The lowest BCUT2D eigenvalue weighted by Gasteiger charge is -2.24. The maximum atomic E-state index is 4.76. The van der Waals surface area contributed by atoms with Gasteiger partial charge < -0.3 is 10.6 Å². The molecule has 0 fully saturated rings. The molecular weight excluding hydrogens is 258 g/mol. The minimum atomic E-state index is 0.0345. The highest BCUT2D eigenvalue weighted by molar-refractivity contribution is 5.91. The second-order valence-corrected chi connectivity index (χ2v) is 7.08. The van der Waals surface area contributed by atoms with Crippen molar-refractivity contribution >= 4 is 16.6 Å². The molecule has 0 aliphatic carbocycles. The highest BCUT2D eigenvalue weighted by atomic mass is 15.0. The van der Waals surface area contributed by atoms with Crippen LogP contribution in [0.3, 0.4) is 0 Å². The molecule has 1 aromatic carbocycles. The first-order valence-corrected chi connectivity index (χ1v) is 7.73. The van der Waals surface area contributed by atoms with Crippen LogP contribution in [-0.4, -0.2) is 17.1 Å². The summed E-state index contributed by atoms with van der Waals surface area (Å²) in [5, 5.41) is 8.24. The van der Waals surface area contributed by atoms with E-state index >= 15 is 0 Å². The lowest BCUT2D eigenvalue weighted by atomic mass is 10.1. The van der Waals surface area contributed by atoms with Crippen molar-refractivity contribution in [3.05, 3.63) is 36.0 Å². The number of rotatable bonds is 5. The van der Waals surface area contributed by atoms with Crippen LogP contribution in [0.15, 0.2) is 30.3 Å². The van der Waals surface area contributed by atoms with Crippen LogP contribution >= 0.6 is 0 Å². The molecule has 1 heterocycles. The normalized spacial score (nSPS) is 12.1. The van der Waals surface area contributed by atoms with Gasteiger partial charge >= 0.3 is 0 Å². The van der Waals surface area contributed by atoms with E-state index in [-0.39, 0.29) is 5.54 Å². The van der Waals surface area contributed by atoms with Gasteiger partial charge in [0.15, 0.2) is 0 Å². The van der Waals surface area contributed by atoms with Gasteiger partial charge in [0, 0.05) is 23.2 Å². The monoisotopic (exact) mass is 285 g/mol. The molecule has 21 heavy (non-hydrogen) atoms. The van der Waals surface area contributed by atoms with Gasteiger partial charge in [0.2, 0.25) is 0 Å². The topological polar surface area (TPSA) is 37.0 Å². The molecule has 2 aromatic rings. The smallest absolute Gasteiger partial charge is 0.0726 e. The Kier molecular flexibility index (Phi) is 4.84. The first kappa shape index (κ1) is 15.8. The highest BCUT2D eigenvalue weighted by Crippen LogP contribution is 2.25. The van der Waals surface area contributed by atoms with Crippen LogP contribution in [0, 0.1) is 5.92 Å². The molecule has 0 saturated carbocycles. The SMILES string of the molecule is CC(C)CNCc1cc(NC(C)(C)C)c2ccccc2n1. The third-order valence-electron chi connectivity index (χ3n) is 3.14. The molecule has 2 rings (SSSR count). The molecule has 2 N–H and O–H groups in total. The summed E-state index contributed by atoms with van der Waals surface area (Å²) in [6.07, 6.45) is 0. The molecule has 0 saturated heterocycles. The summed E-state index contributed by atoms with van der Waals surface area (Å²) in [6.45, 7) is 12.8. The van der Waals surface area contributed by atoms with Gasteiger partial charge in [-0.2, -0.15) is 0 Å². The van der Waals surface area contributed by atoms with E-state index in [1.807, 2.05) is 6.07 Å². The summed E-state index contributed by atoms with van der Waals surface area (Å²) < 4.78 is 0. The Morgan fingerprint density at radius 2 is 1.86 bits per heavy atom. The van der Waals surface area contributed by atoms with E-state index < -0.39 is 0 Å². The van der Waals surface area contributed by atoms with E-state index in [1.54, 1.807) is 0 Å². The molecule has 0 bridgehead atoms. The van der Waals surface area contributed by atoms with Crippen molar-refractivity contribution in [3.63, 3.8) is 0 Å². The zero-order valence-corrected chi connectivity index (χ0v) is 13.8. The zero-order valence-electron chi connectivity index (χ0n) is 13.8. The van der Waals surface area contributed by atoms with Gasteiger partial charge in [0.05, 0.1) is 11.2 Å². The molecular formula is C18H27N3. The van der Waals surface area contributed by atoms with Crippen LogP contribution in [0.1, 0.15) is 40.3 Å². The van der Waals surface area contributed by atoms with Gasteiger partial charge in [0.25, 0.3) is 0 Å². The fraction of sp³-hybridized carbons (Fsp3) is 0.500. The van der Waals surface area contributed by atoms with Crippen molar-refractivity contribution in [2.24, 2.45) is 5.92 Å². The van der Waals surface area contributed by atoms with E-state index in [2.05, 4.69) is 69.5 Å². The third kappa shape index (κ3) is 4.71. The third-order valence-corrected chi connectivity index (χ3v) is 3.14. The lowest BCUT2D eigenvalue weighted by Crippen LogP contribution is -2.26. The Hall–Kier alpha value is -1.61. The zero-order chi connectivity index (χ0) is 15.5. The standard InChI is InChI=1S/C18H27N3/c1-13(2)11-19-12-14-10-17(21-18(3,4)5)15-8-6-7-9-16(15)20-14/h6-10,13,19H,11-12H2,1-5H3,(H,20,21). The number of aromatic nitrogens is 1. The van der Waals surface area contributed by atoms with Crippen LogP contribution < -0.4 is 10.6 Å². The molecule has 3 heteroatoms. The van der Waals surface area contributed by atoms with Crippen LogP contribution in [0.5, 0.6) is 0 Å². The lowest BCUT2D eigenvalue weighted by molar-refractivity contribution is 0.548. The number of hydrogen-bond donors (Lipinski definition) is 2. The number of benzene rings is 1. The predicted octanol–water partition coefficient (Wildman–Crippen LogP) is 4.19. The molecule has 0 atom stereocenters.